The molecule has 0 bridgehead atoms. The Bertz CT molecular complexity index is 1110. The molecular formula is C16H12N2O5S. The summed E-state index contributed by atoms with van der Waals surface area (Å²) in [5, 5.41) is 21.5. The molecular weight excluding hydrogens is 332 g/mol. The second-order valence-electron chi connectivity index (χ2n) is 5.46. The van der Waals surface area contributed by atoms with E-state index >= 15 is 0 Å². The molecule has 0 fully saturated rings. The Morgan fingerprint density at radius 2 is 1.83 bits per heavy atom. The van der Waals surface area contributed by atoms with Crippen LogP contribution in [0.15, 0.2) is 52.4 Å². The average molecular weight is 344 g/mol. The number of hydrogen-bond donors (Lipinski definition) is 4. The number of aliphatic hydroxyl groups excluding tert-OH is 1. The number of aliphatic imine (C=N–C) groups is 1. The number of para-hydroxylation sites is 1. The van der Waals surface area contributed by atoms with Crippen LogP contribution < -0.4 is 0 Å². The number of aromatic nitrogens is 1. The minimum Gasteiger partial charge on any atom is -0.494 e. The van der Waals surface area contributed by atoms with Gasteiger partial charge in [-0.25, -0.2) is 4.99 Å². The molecule has 1 unspecified atom stereocenters. The Hall–Kier alpha value is -2.68. The average Bonchev–Trinajstić information content (AvgIpc) is 3.02. The number of nitrogens with one attached hydrogen (secondary N) is 1. The molecule has 0 spiro atoms. The van der Waals surface area contributed by atoms with E-state index in [4.69, 9.17) is 0 Å². The highest BCUT2D eigenvalue weighted by molar-refractivity contribution is 7.85. The summed E-state index contributed by atoms with van der Waals surface area (Å²) in [6, 6.07) is 11.2. The Balaban J connectivity index is 1.95. The summed E-state index contributed by atoms with van der Waals surface area (Å²) in [6.45, 7) is 0. The van der Waals surface area contributed by atoms with Gasteiger partial charge in [-0.2, -0.15) is 8.42 Å². The molecule has 122 valence electrons. The van der Waals surface area contributed by atoms with Crippen LogP contribution >= 0.6 is 0 Å². The van der Waals surface area contributed by atoms with Crippen molar-refractivity contribution in [2.24, 2.45) is 4.99 Å². The minimum absolute atomic E-state index is 0.000295. The highest BCUT2D eigenvalue weighted by atomic mass is 32.2. The first-order valence-electron chi connectivity index (χ1n) is 7.05. The van der Waals surface area contributed by atoms with Crippen LogP contribution in [-0.2, 0) is 10.1 Å². The molecule has 8 heteroatoms. The molecule has 1 aliphatic rings. The van der Waals surface area contributed by atoms with Crippen LogP contribution in [0.5, 0.6) is 5.88 Å². The molecule has 1 atom stereocenters. The van der Waals surface area contributed by atoms with Crippen molar-refractivity contribution >= 4 is 32.4 Å². The predicted molar refractivity (Wildman–Crippen MR) is 87.4 cm³/mol. The number of hydrogen-bond acceptors (Lipinski definition) is 5. The van der Waals surface area contributed by atoms with Gasteiger partial charge in [-0.05, 0) is 18.2 Å². The second kappa shape index (κ2) is 4.91. The van der Waals surface area contributed by atoms with Gasteiger partial charge in [0, 0.05) is 16.5 Å². The Labute approximate surface area is 136 Å². The lowest BCUT2D eigenvalue weighted by Gasteiger charge is -2.10. The molecule has 1 aliphatic heterocycles. The molecule has 4 rings (SSSR count). The van der Waals surface area contributed by atoms with Crippen LogP contribution in [0.4, 0.5) is 5.69 Å². The third-order valence-corrected chi connectivity index (χ3v) is 4.95. The van der Waals surface area contributed by atoms with Crippen molar-refractivity contribution in [1.82, 2.24) is 4.98 Å². The number of benzene rings is 2. The summed E-state index contributed by atoms with van der Waals surface area (Å²) in [7, 11) is -4.51. The van der Waals surface area contributed by atoms with Crippen molar-refractivity contribution in [3.63, 3.8) is 0 Å². The van der Waals surface area contributed by atoms with Gasteiger partial charge in [0.25, 0.3) is 10.1 Å². The first-order chi connectivity index (χ1) is 11.4. The lowest BCUT2D eigenvalue weighted by molar-refractivity contribution is 0.248. The molecule has 0 aliphatic carbocycles. The Kier molecular flexibility index (Phi) is 3.04. The molecule has 2 aromatic carbocycles. The van der Waals surface area contributed by atoms with Crippen LogP contribution in [0.2, 0.25) is 0 Å². The summed E-state index contributed by atoms with van der Waals surface area (Å²) < 4.78 is 32.5. The zero-order valence-corrected chi connectivity index (χ0v) is 12.9. The molecule has 0 amide bonds. The number of aromatic amines is 1. The van der Waals surface area contributed by atoms with Crippen LogP contribution in [0, 0.1) is 0 Å². The number of H-pyrrole nitrogens is 1. The quantitative estimate of drug-likeness (QED) is 0.531. The zero-order valence-electron chi connectivity index (χ0n) is 12.1. The maximum atomic E-state index is 11.5. The van der Waals surface area contributed by atoms with E-state index in [9.17, 15) is 23.2 Å². The number of aliphatic hydroxyl groups is 1. The van der Waals surface area contributed by atoms with Crippen LogP contribution in [0.1, 0.15) is 17.2 Å². The third kappa shape index (κ3) is 2.04. The van der Waals surface area contributed by atoms with Gasteiger partial charge >= 0.3 is 0 Å². The van der Waals surface area contributed by atoms with Gasteiger partial charge in [-0.15, -0.1) is 0 Å². The lowest BCUT2D eigenvalue weighted by Crippen LogP contribution is -2.12. The van der Waals surface area contributed by atoms with E-state index in [1.807, 2.05) is 0 Å². The maximum absolute atomic E-state index is 11.5. The summed E-state index contributed by atoms with van der Waals surface area (Å²) in [4.78, 5) is 6.67. The summed E-state index contributed by atoms with van der Waals surface area (Å²) in [6.07, 6.45) is -1.39. The minimum atomic E-state index is -4.51. The topological polar surface area (TPSA) is 123 Å². The predicted octanol–water partition coefficient (Wildman–Crippen LogP) is 2.29. The van der Waals surface area contributed by atoms with Crippen LogP contribution in [0.3, 0.4) is 0 Å². The second-order valence-corrected chi connectivity index (χ2v) is 6.85. The largest absolute Gasteiger partial charge is 0.494 e. The summed E-state index contributed by atoms with van der Waals surface area (Å²) >= 11 is 0. The molecule has 0 radical (unpaired) electrons. The van der Waals surface area contributed by atoms with Gasteiger partial charge in [0.15, 0.2) is 5.88 Å². The van der Waals surface area contributed by atoms with Gasteiger partial charge in [0.1, 0.15) is 11.0 Å². The van der Waals surface area contributed by atoms with Gasteiger partial charge in [-0.1, -0.05) is 24.3 Å². The van der Waals surface area contributed by atoms with Gasteiger partial charge < -0.3 is 15.2 Å². The maximum Gasteiger partial charge on any atom is 0.294 e. The van der Waals surface area contributed by atoms with E-state index in [0.717, 1.165) is 0 Å². The van der Waals surface area contributed by atoms with E-state index in [0.29, 0.717) is 16.5 Å². The van der Waals surface area contributed by atoms with E-state index in [1.165, 1.54) is 18.2 Å². The summed E-state index contributed by atoms with van der Waals surface area (Å²) in [5.74, 6) is -0.171. The van der Waals surface area contributed by atoms with E-state index < -0.39 is 21.1 Å². The van der Waals surface area contributed by atoms with Crippen molar-refractivity contribution in [2.75, 3.05) is 0 Å². The van der Waals surface area contributed by atoms with Crippen molar-refractivity contribution in [3.8, 4) is 5.88 Å². The Morgan fingerprint density at radius 3 is 2.58 bits per heavy atom. The number of nitrogens with zero attached hydrogens (tertiary/aromatic N) is 1. The van der Waals surface area contributed by atoms with E-state index in [2.05, 4.69) is 9.98 Å². The normalized spacial score (nSPS) is 17.1. The fourth-order valence-corrected chi connectivity index (χ4v) is 3.78. The molecule has 1 aromatic heterocycles. The van der Waals surface area contributed by atoms with Crippen LogP contribution in [0.25, 0.3) is 10.9 Å². The van der Waals surface area contributed by atoms with Crippen molar-refractivity contribution in [1.29, 1.82) is 0 Å². The van der Waals surface area contributed by atoms with Gasteiger partial charge in [-0.3, -0.25) is 4.55 Å². The monoisotopic (exact) mass is 344 g/mol. The van der Waals surface area contributed by atoms with Crippen LogP contribution in [-0.4, -0.2) is 33.9 Å². The van der Waals surface area contributed by atoms with Gasteiger partial charge in [0.2, 0.25) is 0 Å². The highest BCUT2D eigenvalue weighted by Gasteiger charge is 2.34. The summed E-state index contributed by atoms with van der Waals surface area (Å²) in [5.41, 5.74) is 1.31. The van der Waals surface area contributed by atoms with Crippen molar-refractivity contribution in [2.45, 2.75) is 11.0 Å². The molecule has 24 heavy (non-hydrogen) atoms. The molecule has 0 saturated carbocycles. The number of rotatable bonds is 2. The highest BCUT2D eigenvalue weighted by Crippen LogP contribution is 2.43. The fourth-order valence-electron chi connectivity index (χ4n) is 3.04. The molecule has 7 nitrogen and oxygen atoms in total. The van der Waals surface area contributed by atoms with Gasteiger partial charge in [0.05, 0.1) is 17.0 Å². The SMILES string of the molecule is O=S(=O)(O)c1cccc2c1C(O)C(c1c(O)[nH]c3ccccc13)=N2. The molecule has 0 saturated heterocycles. The zero-order chi connectivity index (χ0) is 17.1. The van der Waals surface area contributed by atoms with Crippen molar-refractivity contribution < 1.29 is 23.2 Å². The van der Waals surface area contributed by atoms with Crippen molar-refractivity contribution in [3.05, 3.63) is 53.6 Å². The molecule has 2 heterocycles. The lowest BCUT2D eigenvalue weighted by atomic mass is 10.0. The number of aromatic hydroxyl groups is 1. The number of fused-ring (bicyclic) bond motifs is 2. The van der Waals surface area contributed by atoms with E-state index in [-0.39, 0.29) is 22.8 Å². The third-order valence-electron chi connectivity index (χ3n) is 4.04. The standard InChI is InChI=1S/C16H12N2O5S/c19-15-13-10(6-3-7-11(13)24(21,22)23)17-14(15)12-8-4-1-2-5-9(8)18-16(12)20/h1-7,15,18-20H,(H,21,22,23). The fraction of sp³-hybridized carbons (Fsp3) is 0.0625. The first-order valence-corrected chi connectivity index (χ1v) is 8.49. The first kappa shape index (κ1) is 14.9. The smallest absolute Gasteiger partial charge is 0.294 e. The van der Waals surface area contributed by atoms with E-state index in [1.54, 1.807) is 24.3 Å². The molecule has 3 aromatic rings. The molecule has 4 N–H and O–H groups in total. The Morgan fingerprint density at radius 1 is 1.08 bits per heavy atom.